The Bertz CT molecular complexity index is 1080. The molecule has 44 heavy (non-hydrogen) atoms. The van der Waals surface area contributed by atoms with Crippen molar-refractivity contribution in [3.8, 4) is 0 Å². The molecule has 0 aromatic carbocycles. The second-order valence-corrected chi connectivity index (χ2v) is 13.0. The zero-order valence-electron chi connectivity index (χ0n) is 27.4. The Hall–Kier alpha value is -2.57. The van der Waals surface area contributed by atoms with Crippen LogP contribution in [-0.2, 0) is 28.6 Å². The molecule has 0 spiro atoms. The van der Waals surface area contributed by atoms with Crippen molar-refractivity contribution in [2.75, 3.05) is 33.2 Å². The number of nitrogens with zero attached hydrogens (tertiary/aromatic N) is 2. The van der Waals surface area contributed by atoms with E-state index >= 15 is 0 Å². The molecule has 3 heterocycles. The molecule has 11 heteroatoms. The summed E-state index contributed by atoms with van der Waals surface area (Å²) in [5.74, 6) is -0.446. The van der Waals surface area contributed by atoms with Gasteiger partial charge in [-0.05, 0) is 59.6 Å². The van der Waals surface area contributed by atoms with Gasteiger partial charge in [0.25, 0.3) is 0 Å². The van der Waals surface area contributed by atoms with Gasteiger partial charge in [-0.25, -0.2) is 0 Å². The zero-order valence-corrected chi connectivity index (χ0v) is 27.4. The Morgan fingerprint density at radius 3 is 2.45 bits per heavy atom. The molecule has 3 aliphatic heterocycles. The zero-order chi connectivity index (χ0) is 32.6. The quantitative estimate of drug-likeness (QED) is 0.191. The minimum atomic E-state index is -1.37. The average molecular weight is 620 g/mol. The number of ether oxygens (including phenoxy) is 3. The summed E-state index contributed by atoms with van der Waals surface area (Å²) in [6, 6.07) is -0.138. The van der Waals surface area contributed by atoms with Gasteiger partial charge in [0.15, 0.2) is 0 Å². The van der Waals surface area contributed by atoms with Gasteiger partial charge in [-0.2, -0.15) is 0 Å². The van der Waals surface area contributed by atoms with Gasteiger partial charge in [0.05, 0.1) is 36.4 Å². The number of aliphatic hydroxyl groups is 2. The second-order valence-electron chi connectivity index (χ2n) is 13.0. The van der Waals surface area contributed by atoms with E-state index in [1.165, 1.54) is 13.0 Å². The lowest BCUT2D eigenvalue weighted by Crippen LogP contribution is -2.56. The van der Waals surface area contributed by atoms with Gasteiger partial charge in [-0.15, -0.1) is 0 Å². The van der Waals surface area contributed by atoms with E-state index in [0.717, 1.165) is 25.1 Å². The number of hydrogen-bond donors (Lipinski definition) is 3. The van der Waals surface area contributed by atoms with E-state index < -0.39 is 36.0 Å². The fourth-order valence-corrected chi connectivity index (χ4v) is 6.02. The van der Waals surface area contributed by atoms with Crippen LogP contribution in [0.2, 0.25) is 0 Å². The molecule has 0 radical (unpaired) electrons. The molecular formula is C33H53N3O8. The molecule has 3 fully saturated rings. The Labute approximate surface area is 262 Å². The summed E-state index contributed by atoms with van der Waals surface area (Å²) in [4.78, 5) is 40.4. The normalized spacial score (nSPS) is 34.7. The summed E-state index contributed by atoms with van der Waals surface area (Å²) < 4.78 is 17.4. The smallest absolute Gasteiger partial charge is 0.303 e. The highest BCUT2D eigenvalue weighted by molar-refractivity contribution is 5.87. The van der Waals surface area contributed by atoms with Gasteiger partial charge < -0.3 is 39.5 Å². The van der Waals surface area contributed by atoms with Crippen LogP contribution in [0.4, 0.5) is 0 Å². The molecule has 3 N–H and O–H groups in total. The van der Waals surface area contributed by atoms with E-state index in [2.05, 4.69) is 23.2 Å². The van der Waals surface area contributed by atoms with E-state index in [1.54, 1.807) is 26.0 Å². The van der Waals surface area contributed by atoms with Gasteiger partial charge in [0.1, 0.15) is 18.3 Å². The summed E-state index contributed by atoms with van der Waals surface area (Å²) in [5.41, 5.74) is -0.413. The SMILES string of the molecule is CC(=O)O[C@@H](C)/C=C\C(=O)N[C@@H]1C[C@H](C)[C@H](C/C=C(C)/C=C/[C@H]2O[C@H](CC(=O)N3CCN(C)CC3)C[C@](C)(O)[C@@H]2O)O[C@@H]1C. The molecule has 0 unspecified atom stereocenters. The molecule has 9 atom stereocenters. The molecule has 11 nitrogen and oxygen atoms in total. The van der Waals surface area contributed by atoms with Gasteiger partial charge in [0, 0.05) is 45.6 Å². The first-order valence-electron chi connectivity index (χ1n) is 15.8. The van der Waals surface area contributed by atoms with E-state index in [1.807, 2.05) is 31.9 Å². The lowest BCUT2D eigenvalue weighted by Gasteiger charge is -2.43. The molecule has 0 aromatic rings. The summed E-state index contributed by atoms with van der Waals surface area (Å²) in [5, 5.41) is 24.7. The predicted molar refractivity (Wildman–Crippen MR) is 167 cm³/mol. The number of esters is 1. The van der Waals surface area contributed by atoms with Crippen LogP contribution in [0.15, 0.2) is 36.0 Å². The standard InChI is InChI=1S/C33H53N3O8/c1-21(8-11-28-22(2)18-27(24(4)43-28)34-30(38)13-10-23(3)42-25(5)37)9-12-29-32(40)33(6,41)20-26(44-29)19-31(39)36-16-14-35(7)15-17-36/h8-10,12-13,22-24,26-29,32,40-41H,11,14-20H2,1-7H3,(H,34,38)/b12-9+,13-10-,21-8+/t22-,23-,24+,26+,27+,28-,29+,32+,33-/m0/s1. The van der Waals surface area contributed by atoms with Gasteiger partial charge in [0.2, 0.25) is 11.8 Å². The number of piperazine rings is 1. The minimum absolute atomic E-state index is 0.0112. The molecule has 3 aliphatic rings. The van der Waals surface area contributed by atoms with Crippen molar-refractivity contribution in [3.63, 3.8) is 0 Å². The molecular weight excluding hydrogens is 566 g/mol. The molecule has 0 aromatic heterocycles. The fraction of sp³-hybridized carbons (Fsp3) is 0.727. The average Bonchev–Trinajstić information content (AvgIpc) is 2.93. The van der Waals surface area contributed by atoms with Gasteiger partial charge in [-0.3, -0.25) is 14.4 Å². The predicted octanol–water partition coefficient (Wildman–Crippen LogP) is 2.12. The summed E-state index contributed by atoms with van der Waals surface area (Å²) in [7, 11) is 2.04. The Kier molecular flexibility index (Phi) is 13.2. The fourth-order valence-electron chi connectivity index (χ4n) is 6.02. The maximum Gasteiger partial charge on any atom is 0.303 e. The first-order valence-corrected chi connectivity index (χ1v) is 15.8. The minimum Gasteiger partial charge on any atom is -0.459 e. The first-order chi connectivity index (χ1) is 20.6. The van der Waals surface area contributed by atoms with Crippen molar-refractivity contribution in [3.05, 3.63) is 36.0 Å². The van der Waals surface area contributed by atoms with Crippen LogP contribution in [0, 0.1) is 5.92 Å². The van der Waals surface area contributed by atoms with Crippen LogP contribution in [0.5, 0.6) is 0 Å². The number of aliphatic hydroxyl groups excluding tert-OH is 1. The number of amides is 2. The number of likely N-dealkylation sites (N-methyl/N-ethyl adjacent to an activating group) is 1. The van der Waals surface area contributed by atoms with Crippen molar-refractivity contribution in [2.45, 2.75) is 115 Å². The van der Waals surface area contributed by atoms with Gasteiger partial charge in [-0.1, -0.05) is 30.7 Å². The molecule has 248 valence electrons. The number of rotatable bonds is 10. The highest BCUT2D eigenvalue weighted by Gasteiger charge is 2.44. The van der Waals surface area contributed by atoms with Crippen molar-refractivity contribution in [1.29, 1.82) is 0 Å². The molecule has 0 aliphatic carbocycles. The Morgan fingerprint density at radius 2 is 1.80 bits per heavy atom. The van der Waals surface area contributed by atoms with Crippen molar-refractivity contribution < 1.29 is 38.8 Å². The number of nitrogens with one attached hydrogen (secondary N) is 1. The molecule has 0 bridgehead atoms. The molecule has 0 saturated carbocycles. The molecule has 2 amide bonds. The lowest BCUT2D eigenvalue weighted by atomic mass is 9.84. The van der Waals surface area contributed by atoms with Crippen LogP contribution < -0.4 is 5.32 Å². The maximum absolute atomic E-state index is 12.9. The monoisotopic (exact) mass is 619 g/mol. The second kappa shape index (κ2) is 16.1. The van der Waals surface area contributed by atoms with Crippen molar-refractivity contribution in [2.24, 2.45) is 5.92 Å². The topological polar surface area (TPSA) is 138 Å². The number of allylic oxidation sites excluding steroid dienone is 2. The first kappa shape index (κ1) is 35.9. The van der Waals surface area contributed by atoms with E-state index in [9.17, 15) is 24.6 Å². The summed E-state index contributed by atoms with van der Waals surface area (Å²) in [6.07, 6.45) is 7.40. The third-order valence-corrected chi connectivity index (χ3v) is 8.83. The van der Waals surface area contributed by atoms with Crippen molar-refractivity contribution >= 4 is 17.8 Å². The third-order valence-electron chi connectivity index (χ3n) is 8.83. The van der Waals surface area contributed by atoms with E-state index in [-0.39, 0.29) is 48.8 Å². The van der Waals surface area contributed by atoms with Crippen LogP contribution in [0.25, 0.3) is 0 Å². The molecule has 3 rings (SSSR count). The number of hydrogen-bond acceptors (Lipinski definition) is 9. The maximum atomic E-state index is 12.9. The third kappa shape index (κ3) is 10.8. The van der Waals surface area contributed by atoms with Crippen LogP contribution in [0.3, 0.4) is 0 Å². The van der Waals surface area contributed by atoms with Gasteiger partial charge >= 0.3 is 5.97 Å². The van der Waals surface area contributed by atoms with Crippen molar-refractivity contribution in [1.82, 2.24) is 15.1 Å². The van der Waals surface area contributed by atoms with Crippen LogP contribution in [0.1, 0.15) is 67.2 Å². The number of carbonyl (C=O) groups is 3. The van der Waals surface area contributed by atoms with E-state index in [0.29, 0.717) is 19.5 Å². The summed E-state index contributed by atoms with van der Waals surface area (Å²) >= 11 is 0. The Balaban J connectivity index is 1.51. The largest absolute Gasteiger partial charge is 0.459 e. The summed E-state index contributed by atoms with van der Waals surface area (Å²) in [6.45, 7) is 13.7. The lowest BCUT2D eigenvalue weighted by molar-refractivity contribution is -0.197. The highest BCUT2D eigenvalue weighted by atomic mass is 16.5. The van der Waals surface area contributed by atoms with E-state index in [4.69, 9.17) is 14.2 Å². The number of carbonyl (C=O) groups excluding carboxylic acids is 3. The van der Waals surface area contributed by atoms with Crippen LogP contribution in [-0.4, -0.2) is 119 Å². The molecule has 3 saturated heterocycles. The highest BCUT2D eigenvalue weighted by Crippen LogP contribution is 2.32. The van der Waals surface area contributed by atoms with Crippen LogP contribution >= 0.6 is 0 Å². The Morgan fingerprint density at radius 1 is 1.11 bits per heavy atom.